The zero-order chi connectivity index (χ0) is 12.2. The summed E-state index contributed by atoms with van der Waals surface area (Å²) in [7, 11) is 0. The van der Waals surface area contributed by atoms with Crippen LogP contribution < -0.4 is 5.73 Å². The number of ether oxygens (including phenoxy) is 1. The van der Waals surface area contributed by atoms with E-state index in [1.54, 1.807) is 24.4 Å². The Morgan fingerprint density at radius 3 is 2.62 bits per heavy atom. The molecule has 0 saturated carbocycles. The Labute approximate surface area is 96.2 Å². The number of alkyl halides is 3. The molecule has 0 spiro atoms. The normalized spacial score (nSPS) is 16.1. The highest BCUT2D eigenvalue weighted by atomic mass is 32.1. The van der Waals surface area contributed by atoms with Crippen molar-refractivity contribution in [3.63, 3.8) is 0 Å². The molecule has 2 unspecified atom stereocenters. The van der Waals surface area contributed by atoms with Crippen molar-refractivity contribution in [2.45, 2.75) is 38.3 Å². The Hall–Kier alpha value is -0.590. The smallest absolute Gasteiger partial charge is 0.362 e. The average molecular weight is 253 g/mol. The molecule has 0 aliphatic rings. The van der Waals surface area contributed by atoms with Crippen LogP contribution in [-0.2, 0) is 11.3 Å². The fourth-order valence-electron chi connectivity index (χ4n) is 1.24. The van der Waals surface area contributed by atoms with Crippen molar-refractivity contribution >= 4 is 11.3 Å². The number of nitrogens with two attached hydrogens (primary N) is 1. The molecule has 2 nitrogen and oxygen atoms in total. The summed E-state index contributed by atoms with van der Waals surface area (Å²) in [6.07, 6.45) is -6.07. The summed E-state index contributed by atoms with van der Waals surface area (Å²) in [5, 5.41) is 1.79. The van der Waals surface area contributed by atoms with Gasteiger partial charge in [-0.15, -0.1) is 11.3 Å². The van der Waals surface area contributed by atoms with Crippen molar-refractivity contribution in [2.75, 3.05) is 0 Å². The van der Waals surface area contributed by atoms with Crippen LogP contribution >= 0.6 is 11.3 Å². The minimum absolute atomic E-state index is 0.0461. The third kappa shape index (κ3) is 3.77. The van der Waals surface area contributed by atoms with Crippen molar-refractivity contribution in [2.24, 2.45) is 5.73 Å². The second-order valence-electron chi connectivity index (χ2n) is 3.42. The van der Waals surface area contributed by atoms with Crippen molar-refractivity contribution in [1.29, 1.82) is 0 Å². The van der Waals surface area contributed by atoms with E-state index in [1.165, 1.54) is 11.3 Å². The molecule has 1 heterocycles. The third-order valence-electron chi connectivity index (χ3n) is 2.17. The van der Waals surface area contributed by atoms with Gasteiger partial charge in [-0.25, -0.2) is 0 Å². The minimum Gasteiger partial charge on any atom is -0.362 e. The highest BCUT2D eigenvalue weighted by Crippen LogP contribution is 2.27. The molecular formula is C10H14F3NOS. The molecule has 6 heteroatoms. The first-order valence-corrected chi connectivity index (χ1v) is 5.79. The lowest BCUT2D eigenvalue weighted by molar-refractivity contribution is -0.229. The predicted molar refractivity (Wildman–Crippen MR) is 57.2 cm³/mol. The summed E-state index contributed by atoms with van der Waals surface area (Å²) in [5.41, 5.74) is 5.40. The van der Waals surface area contributed by atoms with Crippen LogP contribution in [-0.4, -0.2) is 18.3 Å². The van der Waals surface area contributed by atoms with Crippen LogP contribution in [0.4, 0.5) is 13.2 Å². The zero-order valence-electron chi connectivity index (χ0n) is 8.83. The van der Waals surface area contributed by atoms with E-state index in [-0.39, 0.29) is 13.0 Å². The Morgan fingerprint density at radius 1 is 1.50 bits per heavy atom. The highest BCUT2D eigenvalue weighted by Gasteiger charge is 2.43. The molecule has 0 aromatic carbocycles. The molecule has 1 rings (SSSR count). The van der Waals surface area contributed by atoms with Gasteiger partial charge in [0, 0.05) is 10.9 Å². The minimum atomic E-state index is -4.41. The summed E-state index contributed by atoms with van der Waals surface area (Å²) in [6, 6.07) is 2.49. The Kier molecular flexibility index (Phi) is 4.76. The molecule has 0 fully saturated rings. The number of halogens is 3. The summed E-state index contributed by atoms with van der Waals surface area (Å²) < 4.78 is 42.6. The van der Waals surface area contributed by atoms with Crippen LogP contribution in [0.1, 0.15) is 18.2 Å². The molecule has 0 bridgehead atoms. The lowest BCUT2D eigenvalue weighted by Crippen LogP contribution is -2.46. The Morgan fingerprint density at radius 2 is 2.19 bits per heavy atom. The van der Waals surface area contributed by atoms with Crippen LogP contribution in [0.2, 0.25) is 0 Å². The first-order chi connectivity index (χ1) is 7.45. The van der Waals surface area contributed by atoms with Crippen LogP contribution in [0, 0.1) is 0 Å². The third-order valence-corrected chi connectivity index (χ3v) is 3.02. The molecular weight excluding hydrogens is 239 g/mol. The molecule has 16 heavy (non-hydrogen) atoms. The van der Waals surface area contributed by atoms with Crippen molar-refractivity contribution in [3.8, 4) is 0 Å². The molecule has 0 saturated heterocycles. The maximum atomic E-state index is 12.6. The standard InChI is InChI=1S/C10H14F3NOS/c1-2-8(14)9(10(11,12)13)15-6-7-4-3-5-16-7/h3-5,8-9H,2,6,14H2,1H3. The first-order valence-electron chi connectivity index (χ1n) is 4.91. The first kappa shape index (κ1) is 13.5. The lowest BCUT2D eigenvalue weighted by atomic mass is 10.1. The number of hydrogen-bond acceptors (Lipinski definition) is 3. The summed E-state index contributed by atoms with van der Waals surface area (Å²) in [5.74, 6) is 0. The fourth-order valence-corrected chi connectivity index (χ4v) is 1.87. The monoisotopic (exact) mass is 253 g/mol. The zero-order valence-corrected chi connectivity index (χ0v) is 9.65. The summed E-state index contributed by atoms with van der Waals surface area (Å²) >= 11 is 1.36. The topological polar surface area (TPSA) is 35.2 Å². The molecule has 0 radical (unpaired) electrons. The van der Waals surface area contributed by atoms with Gasteiger partial charge in [0.25, 0.3) is 0 Å². The van der Waals surface area contributed by atoms with Gasteiger partial charge in [0.05, 0.1) is 6.61 Å². The van der Waals surface area contributed by atoms with Gasteiger partial charge in [0.2, 0.25) is 0 Å². The second kappa shape index (κ2) is 5.65. The van der Waals surface area contributed by atoms with E-state index in [2.05, 4.69) is 0 Å². The highest BCUT2D eigenvalue weighted by molar-refractivity contribution is 7.09. The quantitative estimate of drug-likeness (QED) is 0.875. The van der Waals surface area contributed by atoms with Crippen molar-refractivity contribution in [1.82, 2.24) is 0 Å². The summed E-state index contributed by atoms with van der Waals surface area (Å²) in [6.45, 7) is 1.56. The van der Waals surface area contributed by atoms with Gasteiger partial charge >= 0.3 is 6.18 Å². The Balaban J connectivity index is 2.57. The van der Waals surface area contributed by atoms with Crippen LogP contribution in [0.5, 0.6) is 0 Å². The van der Waals surface area contributed by atoms with Gasteiger partial charge in [-0.1, -0.05) is 13.0 Å². The van der Waals surface area contributed by atoms with E-state index in [0.29, 0.717) is 0 Å². The molecule has 2 atom stereocenters. The summed E-state index contributed by atoms with van der Waals surface area (Å²) in [4.78, 5) is 0.762. The van der Waals surface area contributed by atoms with E-state index in [1.807, 2.05) is 0 Å². The van der Waals surface area contributed by atoms with Crippen LogP contribution in [0.15, 0.2) is 17.5 Å². The van der Waals surface area contributed by atoms with Crippen LogP contribution in [0.25, 0.3) is 0 Å². The fraction of sp³-hybridized carbons (Fsp3) is 0.600. The van der Waals surface area contributed by atoms with E-state index >= 15 is 0 Å². The average Bonchev–Trinajstić information content (AvgIpc) is 2.68. The number of rotatable bonds is 5. The van der Waals surface area contributed by atoms with E-state index in [0.717, 1.165) is 4.88 Å². The molecule has 0 aliphatic heterocycles. The molecule has 0 aliphatic carbocycles. The number of thiophene rings is 1. The predicted octanol–water partition coefficient (Wildman–Crippen LogP) is 2.93. The molecule has 2 N–H and O–H groups in total. The Bertz CT molecular complexity index is 300. The number of hydrogen-bond donors (Lipinski definition) is 1. The van der Waals surface area contributed by atoms with Gasteiger partial charge in [0.1, 0.15) is 0 Å². The molecule has 0 amide bonds. The van der Waals surface area contributed by atoms with Crippen molar-refractivity contribution < 1.29 is 17.9 Å². The molecule has 1 aromatic heterocycles. The van der Waals surface area contributed by atoms with Gasteiger partial charge in [-0.2, -0.15) is 13.2 Å². The van der Waals surface area contributed by atoms with E-state index in [9.17, 15) is 13.2 Å². The molecule has 92 valence electrons. The van der Waals surface area contributed by atoms with Gasteiger partial charge < -0.3 is 10.5 Å². The van der Waals surface area contributed by atoms with E-state index in [4.69, 9.17) is 10.5 Å². The van der Waals surface area contributed by atoms with E-state index < -0.39 is 18.3 Å². The largest absolute Gasteiger partial charge is 0.416 e. The maximum Gasteiger partial charge on any atom is 0.416 e. The molecule has 1 aromatic rings. The van der Waals surface area contributed by atoms with Crippen LogP contribution in [0.3, 0.4) is 0 Å². The van der Waals surface area contributed by atoms with Gasteiger partial charge in [0.15, 0.2) is 6.10 Å². The maximum absolute atomic E-state index is 12.6. The van der Waals surface area contributed by atoms with Crippen molar-refractivity contribution in [3.05, 3.63) is 22.4 Å². The van der Waals surface area contributed by atoms with Gasteiger partial charge in [-0.05, 0) is 17.9 Å². The second-order valence-corrected chi connectivity index (χ2v) is 4.46. The SMILES string of the molecule is CCC(N)C(OCc1cccs1)C(F)(F)F. The lowest BCUT2D eigenvalue weighted by Gasteiger charge is -2.25. The van der Waals surface area contributed by atoms with Gasteiger partial charge in [-0.3, -0.25) is 0 Å².